The second-order valence-corrected chi connectivity index (χ2v) is 4.46. The summed E-state index contributed by atoms with van der Waals surface area (Å²) in [6.07, 6.45) is 10.7. The molecule has 1 heterocycles. The van der Waals surface area contributed by atoms with E-state index in [0.717, 1.165) is 19.3 Å². The zero-order chi connectivity index (χ0) is 9.80. The van der Waals surface area contributed by atoms with E-state index in [4.69, 9.17) is 0 Å². The summed E-state index contributed by atoms with van der Waals surface area (Å²) in [6, 6.07) is 0.0365. The van der Waals surface area contributed by atoms with Gasteiger partial charge in [-0.3, -0.25) is 9.79 Å². The molecule has 1 atom stereocenters. The molecular formula is C12H19NO. The van der Waals surface area contributed by atoms with E-state index in [1.165, 1.54) is 44.2 Å². The van der Waals surface area contributed by atoms with Crippen molar-refractivity contribution in [2.75, 3.05) is 0 Å². The zero-order valence-electron chi connectivity index (χ0n) is 8.80. The van der Waals surface area contributed by atoms with Gasteiger partial charge in [0.05, 0.1) is 0 Å². The Kier molecular flexibility index (Phi) is 3.33. The molecule has 0 saturated heterocycles. The summed E-state index contributed by atoms with van der Waals surface area (Å²) < 4.78 is 0. The highest BCUT2D eigenvalue weighted by atomic mass is 16.1. The second kappa shape index (κ2) is 4.72. The van der Waals surface area contributed by atoms with Crippen LogP contribution in [0.5, 0.6) is 0 Å². The number of carbonyl (C=O) groups excluding carboxylic acids is 1. The van der Waals surface area contributed by atoms with Gasteiger partial charge in [-0.25, -0.2) is 0 Å². The first-order chi connectivity index (χ1) is 6.88. The standard InChI is InChI=1S/C12H19NO/c14-11-9-7-5-3-1-2-4-6-8-10-12(11)13-10/h12H,1-9H2. The Labute approximate surface area is 85.8 Å². The van der Waals surface area contributed by atoms with Crippen LogP contribution in [-0.4, -0.2) is 17.5 Å². The predicted octanol–water partition coefficient (Wildman–Crippen LogP) is 2.90. The number of carbonyl (C=O) groups is 1. The minimum Gasteiger partial charge on any atom is -0.297 e. The molecule has 2 rings (SSSR count). The lowest BCUT2D eigenvalue weighted by molar-refractivity contribution is -0.118. The summed E-state index contributed by atoms with van der Waals surface area (Å²) in [5, 5.41) is 0. The lowest BCUT2D eigenvalue weighted by Crippen LogP contribution is -2.12. The average molecular weight is 193 g/mol. The maximum absolute atomic E-state index is 11.6. The van der Waals surface area contributed by atoms with Crippen LogP contribution in [0.25, 0.3) is 0 Å². The van der Waals surface area contributed by atoms with Gasteiger partial charge in [0.1, 0.15) is 6.04 Å². The molecule has 2 aliphatic rings. The fraction of sp³-hybridized carbons (Fsp3) is 0.833. The third-order valence-electron chi connectivity index (χ3n) is 3.20. The third-order valence-corrected chi connectivity index (χ3v) is 3.20. The van der Waals surface area contributed by atoms with E-state index < -0.39 is 0 Å². The average Bonchev–Trinajstić information content (AvgIpc) is 2.92. The third kappa shape index (κ3) is 2.66. The van der Waals surface area contributed by atoms with Gasteiger partial charge in [0, 0.05) is 12.1 Å². The lowest BCUT2D eigenvalue weighted by atomic mass is 10.0. The Balaban J connectivity index is 1.78. The number of nitrogens with zero attached hydrogens (tertiary/aromatic N) is 1. The Bertz CT molecular complexity index is 245. The first kappa shape index (κ1) is 9.88. The van der Waals surface area contributed by atoms with Gasteiger partial charge in [-0.2, -0.15) is 0 Å². The first-order valence-electron chi connectivity index (χ1n) is 5.97. The van der Waals surface area contributed by atoms with Crippen LogP contribution in [0.4, 0.5) is 0 Å². The summed E-state index contributed by atoms with van der Waals surface area (Å²) in [6.45, 7) is 0. The fourth-order valence-corrected chi connectivity index (χ4v) is 2.21. The van der Waals surface area contributed by atoms with Gasteiger partial charge in [-0.15, -0.1) is 0 Å². The summed E-state index contributed by atoms with van der Waals surface area (Å²) >= 11 is 0. The van der Waals surface area contributed by atoms with E-state index in [0.29, 0.717) is 5.78 Å². The highest BCUT2D eigenvalue weighted by Crippen LogP contribution is 2.22. The number of rotatable bonds is 0. The van der Waals surface area contributed by atoms with Crippen LogP contribution in [0.2, 0.25) is 0 Å². The Hall–Kier alpha value is -0.660. The van der Waals surface area contributed by atoms with Gasteiger partial charge in [0.2, 0.25) is 0 Å². The molecule has 0 aromatic carbocycles. The molecule has 14 heavy (non-hydrogen) atoms. The molecule has 0 aromatic heterocycles. The van der Waals surface area contributed by atoms with Gasteiger partial charge in [-0.05, 0) is 19.3 Å². The van der Waals surface area contributed by atoms with Crippen LogP contribution in [-0.2, 0) is 4.79 Å². The van der Waals surface area contributed by atoms with Crippen molar-refractivity contribution in [1.29, 1.82) is 0 Å². The molecule has 78 valence electrons. The summed E-state index contributed by atoms with van der Waals surface area (Å²) in [5.41, 5.74) is 1.19. The van der Waals surface area contributed by atoms with Crippen LogP contribution in [0.15, 0.2) is 4.99 Å². The molecule has 0 N–H and O–H groups in total. The molecule has 0 bridgehead atoms. The molecule has 0 amide bonds. The van der Waals surface area contributed by atoms with Crippen molar-refractivity contribution in [2.24, 2.45) is 4.99 Å². The Morgan fingerprint density at radius 2 is 1.43 bits per heavy atom. The molecule has 1 fully saturated rings. The van der Waals surface area contributed by atoms with E-state index in [9.17, 15) is 4.79 Å². The van der Waals surface area contributed by atoms with Crippen molar-refractivity contribution >= 4 is 11.5 Å². The fourth-order valence-electron chi connectivity index (χ4n) is 2.21. The number of ketones is 1. The molecule has 1 aliphatic heterocycles. The maximum Gasteiger partial charge on any atom is 0.163 e. The number of aliphatic imine (C=N–C) groups is 1. The maximum atomic E-state index is 11.6. The molecule has 1 saturated carbocycles. The van der Waals surface area contributed by atoms with E-state index in [1.54, 1.807) is 0 Å². The van der Waals surface area contributed by atoms with Gasteiger partial charge in [0.25, 0.3) is 0 Å². The number of hydrogen-bond acceptors (Lipinski definition) is 2. The molecule has 2 heteroatoms. The molecule has 0 spiro atoms. The molecule has 1 unspecified atom stereocenters. The van der Waals surface area contributed by atoms with Crippen LogP contribution >= 0.6 is 0 Å². The Morgan fingerprint density at radius 1 is 0.857 bits per heavy atom. The van der Waals surface area contributed by atoms with Crippen molar-refractivity contribution in [2.45, 2.75) is 63.8 Å². The monoisotopic (exact) mass is 193 g/mol. The molecular weight excluding hydrogens is 174 g/mol. The largest absolute Gasteiger partial charge is 0.297 e. The van der Waals surface area contributed by atoms with Crippen LogP contribution in [0.3, 0.4) is 0 Å². The number of hydrogen-bond donors (Lipinski definition) is 0. The molecule has 2 nitrogen and oxygen atoms in total. The van der Waals surface area contributed by atoms with Crippen LogP contribution in [0, 0.1) is 0 Å². The number of Topliss-reactive ketones (excluding diaryl/α,β-unsaturated/α-hetero) is 1. The molecule has 0 aromatic rings. The quantitative estimate of drug-likeness (QED) is 0.581. The highest BCUT2D eigenvalue weighted by Gasteiger charge is 2.32. The summed E-state index contributed by atoms with van der Waals surface area (Å²) in [4.78, 5) is 15.8. The van der Waals surface area contributed by atoms with Crippen molar-refractivity contribution < 1.29 is 4.79 Å². The molecule has 1 aliphatic carbocycles. The van der Waals surface area contributed by atoms with Gasteiger partial charge in [0.15, 0.2) is 5.78 Å². The van der Waals surface area contributed by atoms with Crippen molar-refractivity contribution in [1.82, 2.24) is 0 Å². The topological polar surface area (TPSA) is 29.4 Å². The summed E-state index contributed by atoms with van der Waals surface area (Å²) in [5.74, 6) is 0.376. The Morgan fingerprint density at radius 3 is 2.14 bits per heavy atom. The van der Waals surface area contributed by atoms with E-state index in [-0.39, 0.29) is 6.04 Å². The molecule has 0 radical (unpaired) electrons. The van der Waals surface area contributed by atoms with Crippen LogP contribution in [0.1, 0.15) is 57.8 Å². The minimum absolute atomic E-state index is 0.0365. The second-order valence-electron chi connectivity index (χ2n) is 4.46. The first-order valence-corrected chi connectivity index (χ1v) is 5.97. The highest BCUT2D eigenvalue weighted by molar-refractivity contribution is 6.18. The predicted molar refractivity (Wildman–Crippen MR) is 57.8 cm³/mol. The normalized spacial score (nSPS) is 29.6. The van der Waals surface area contributed by atoms with Gasteiger partial charge in [-0.1, -0.05) is 32.1 Å². The van der Waals surface area contributed by atoms with Gasteiger partial charge < -0.3 is 0 Å². The van der Waals surface area contributed by atoms with Crippen molar-refractivity contribution in [3.05, 3.63) is 0 Å². The van der Waals surface area contributed by atoms with Crippen molar-refractivity contribution in [3.8, 4) is 0 Å². The lowest BCUT2D eigenvalue weighted by Gasteiger charge is -2.03. The van der Waals surface area contributed by atoms with E-state index in [2.05, 4.69) is 4.99 Å². The van der Waals surface area contributed by atoms with Crippen molar-refractivity contribution in [3.63, 3.8) is 0 Å². The van der Waals surface area contributed by atoms with Crippen LogP contribution < -0.4 is 0 Å². The van der Waals surface area contributed by atoms with Gasteiger partial charge >= 0.3 is 0 Å². The SMILES string of the molecule is O=C1CCCCCCCCCC2=NC12. The number of fused-ring (bicyclic) bond motifs is 1. The zero-order valence-corrected chi connectivity index (χ0v) is 8.80. The summed E-state index contributed by atoms with van der Waals surface area (Å²) in [7, 11) is 0. The van der Waals surface area contributed by atoms with E-state index >= 15 is 0 Å². The smallest absolute Gasteiger partial charge is 0.163 e. The minimum atomic E-state index is 0.0365. The van der Waals surface area contributed by atoms with E-state index in [1.807, 2.05) is 0 Å².